The first-order chi connectivity index (χ1) is 5.01. The second kappa shape index (κ2) is 6.97. The second-order valence-electron chi connectivity index (χ2n) is 2.40. The molecule has 0 aromatic rings. The van der Waals surface area contributed by atoms with Gasteiger partial charge in [-0.1, -0.05) is 13.8 Å². The van der Waals surface area contributed by atoms with E-state index in [9.17, 15) is 9.59 Å². The molecule has 0 atom stereocenters. The lowest BCUT2D eigenvalue weighted by atomic mass is 9.83. The topological polar surface area (TPSA) is 74.6 Å². The summed E-state index contributed by atoms with van der Waals surface area (Å²) in [5.41, 5.74) is -1.58. The first-order valence-corrected chi connectivity index (χ1v) is 3.48. The predicted molar refractivity (Wildman–Crippen MR) is 52.8 cm³/mol. The fourth-order valence-electron chi connectivity index (χ4n) is 0.946. The van der Waals surface area contributed by atoms with Crippen LogP contribution in [0.5, 0.6) is 0 Å². The lowest BCUT2D eigenvalue weighted by molar-refractivity contribution is -0.165. The molecule has 0 rings (SSSR count). The Morgan fingerprint density at radius 2 is 1.23 bits per heavy atom. The molecule has 0 aliphatic rings. The monoisotopic (exact) mass is 232 g/mol. The van der Waals surface area contributed by atoms with E-state index in [0.29, 0.717) is 0 Å². The third-order valence-corrected chi connectivity index (χ3v) is 2.03. The summed E-state index contributed by atoms with van der Waals surface area (Å²) in [4.78, 5) is 21.1. The van der Waals surface area contributed by atoms with Crippen molar-refractivity contribution in [3.05, 3.63) is 0 Å². The number of hydrogen-bond acceptors (Lipinski definition) is 2. The van der Waals surface area contributed by atoms with E-state index in [1.54, 1.807) is 13.8 Å². The minimum atomic E-state index is -1.58. The van der Waals surface area contributed by atoms with Gasteiger partial charge in [-0.3, -0.25) is 9.59 Å². The highest BCUT2D eigenvalue weighted by atomic mass is 35.5. The van der Waals surface area contributed by atoms with Crippen LogP contribution in [0.3, 0.4) is 0 Å². The van der Waals surface area contributed by atoms with E-state index >= 15 is 0 Å². The number of hydrogen-bond donors (Lipinski definition) is 2. The molecule has 0 aromatic heterocycles. The third kappa shape index (κ3) is 3.40. The van der Waals surface area contributed by atoms with Crippen molar-refractivity contribution in [3.8, 4) is 0 Å². The van der Waals surface area contributed by atoms with Gasteiger partial charge in [-0.25, -0.2) is 0 Å². The molecule has 0 saturated heterocycles. The summed E-state index contributed by atoms with van der Waals surface area (Å²) in [7, 11) is 0. The zero-order valence-electron chi connectivity index (χ0n) is 7.44. The smallest absolute Gasteiger partial charge is 0.321 e. The molecule has 13 heavy (non-hydrogen) atoms. The fraction of sp³-hybridized carbons (Fsp3) is 0.714. The van der Waals surface area contributed by atoms with E-state index in [4.69, 9.17) is 10.2 Å². The molecule has 0 bridgehead atoms. The number of rotatable bonds is 4. The molecule has 6 heteroatoms. The highest BCUT2D eigenvalue weighted by molar-refractivity contribution is 5.98. The van der Waals surface area contributed by atoms with Gasteiger partial charge in [0.05, 0.1) is 0 Å². The van der Waals surface area contributed by atoms with Gasteiger partial charge in [0.2, 0.25) is 0 Å². The van der Waals surface area contributed by atoms with E-state index < -0.39 is 17.4 Å². The van der Waals surface area contributed by atoms with E-state index in [0.717, 1.165) is 0 Å². The zero-order valence-corrected chi connectivity index (χ0v) is 9.07. The van der Waals surface area contributed by atoms with Crippen LogP contribution in [0.2, 0.25) is 0 Å². The molecule has 80 valence electrons. The first kappa shape index (κ1) is 18.3. The minimum Gasteiger partial charge on any atom is -0.480 e. The van der Waals surface area contributed by atoms with E-state index in [-0.39, 0.29) is 37.7 Å². The highest BCUT2D eigenvalue weighted by Gasteiger charge is 2.42. The summed E-state index contributed by atoms with van der Waals surface area (Å²) in [6, 6.07) is 0. The van der Waals surface area contributed by atoms with Crippen LogP contribution in [-0.2, 0) is 9.59 Å². The van der Waals surface area contributed by atoms with Crippen molar-refractivity contribution in [2.45, 2.75) is 26.7 Å². The molecule has 0 heterocycles. The number of carboxylic acids is 2. The van der Waals surface area contributed by atoms with Gasteiger partial charge in [-0.2, -0.15) is 0 Å². The fourth-order valence-corrected chi connectivity index (χ4v) is 0.946. The number of aliphatic carboxylic acids is 2. The molecule has 0 aliphatic carbocycles. The highest BCUT2D eigenvalue weighted by Crippen LogP contribution is 2.26. The lowest BCUT2D eigenvalue weighted by Crippen LogP contribution is -2.38. The third-order valence-electron chi connectivity index (χ3n) is 2.03. The Kier molecular flexibility index (Phi) is 9.84. The molecule has 0 saturated carbocycles. The maximum atomic E-state index is 10.5. The molecule has 0 radical (unpaired) electrons. The van der Waals surface area contributed by atoms with Crippen LogP contribution in [0.25, 0.3) is 0 Å². The van der Waals surface area contributed by atoms with Crippen molar-refractivity contribution in [2.75, 3.05) is 0 Å². The summed E-state index contributed by atoms with van der Waals surface area (Å²) < 4.78 is 0. The molecule has 0 spiro atoms. The van der Waals surface area contributed by atoms with Crippen molar-refractivity contribution in [2.24, 2.45) is 5.41 Å². The predicted octanol–water partition coefficient (Wildman–Crippen LogP) is 1.81. The molecular formula is C7H14Cl2O4. The van der Waals surface area contributed by atoms with Gasteiger partial charge in [-0.15, -0.1) is 24.8 Å². The largest absolute Gasteiger partial charge is 0.480 e. The summed E-state index contributed by atoms with van der Waals surface area (Å²) in [6.45, 7) is 3.12. The van der Waals surface area contributed by atoms with Gasteiger partial charge in [0.1, 0.15) is 0 Å². The Morgan fingerprint density at radius 3 is 1.23 bits per heavy atom. The molecule has 0 fully saturated rings. The van der Waals surface area contributed by atoms with Gasteiger partial charge < -0.3 is 10.2 Å². The summed E-state index contributed by atoms with van der Waals surface area (Å²) in [5, 5.41) is 17.2. The summed E-state index contributed by atoms with van der Waals surface area (Å²) in [5.74, 6) is -2.51. The average molecular weight is 233 g/mol. The quantitative estimate of drug-likeness (QED) is 0.726. The molecule has 4 nitrogen and oxygen atoms in total. The Balaban J connectivity index is -0.000000500. The van der Waals surface area contributed by atoms with Crippen molar-refractivity contribution < 1.29 is 19.8 Å². The minimum absolute atomic E-state index is 0. The van der Waals surface area contributed by atoms with Crippen LogP contribution >= 0.6 is 24.8 Å². The van der Waals surface area contributed by atoms with E-state index in [1.807, 2.05) is 0 Å². The summed E-state index contributed by atoms with van der Waals surface area (Å²) >= 11 is 0. The van der Waals surface area contributed by atoms with Crippen LogP contribution in [0.15, 0.2) is 0 Å². The van der Waals surface area contributed by atoms with Crippen LogP contribution < -0.4 is 0 Å². The average Bonchev–Trinajstić information content (AvgIpc) is 1.90. The van der Waals surface area contributed by atoms with Gasteiger partial charge in [-0.05, 0) is 12.8 Å². The van der Waals surface area contributed by atoms with Crippen LogP contribution in [-0.4, -0.2) is 22.2 Å². The SMILES string of the molecule is CCC(CC)(C(=O)O)C(=O)O.Cl.Cl. The maximum absolute atomic E-state index is 10.5. The molecule has 2 N–H and O–H groups in total. The Labute approximate surface area is 89.1 Å². The molecule has 0 aromatic carbocycles. The molecule has 0 aliphatic heterocycles. The number of carbonyl (C=O) groups is 2. The normalized spacial score (nSPS) is 9.38. The first-order valence-electron chi connectivity index (χ1n) is 3.48. The van der Waals surface area contributed by atoms with Gasteiger partial charge in [0, 0.05) is 0 Å². The van der Waals surface area contributed by atoms with Crippen LogP contribution in [0.1, 0.15) is 26.7 Å². The van der Waals surface area contributed by atoms with Gasteiger partial charge in [0.15, 0.2) is 5.41 Å². The van der Waals surface area contributed by atoms with E-state index in [2.05, 4.69) is 0 Å². The maximum Gasteiger partial charge on any atom is 0.321 e. The Bertz CT molecular complexity index is 161. The van der Waals surface area contributed by atoms with Crippen LogP contribution in [0.4, 0.5) is 0 Å². The van der Waals surface area contributed by atoms with Crippen LogP contribution in [0, 0.1) is 5.41 Å². The molecule has 0 unspecified atom stereocenters. The Hall–Kier alpha value is -0.480. The number of carboxylic acid groups (broad SMARTS) is 2. The Morgan fingerprint density at radius 1 is 1.00 bits per heavy atom. The zero-order chi connectivity index (χ0) is 9.07. The van der Waals surface area contributed by atoms with Gasteiger partial charge >= 0.3 is 11.9 Å². The van der Waals surface area contributed by atoms with Crippen molar-refractivity contribution in [3.63, 3.8) is 0 Å². The van der Waals surface area contributed by atoms with E-state index in [1.165, 1.54) is 0 Å². The van der Waals surface area contributed by atoms with Crippen molar-refractivity contribution in [1.29, 1.82) is 0 Å². The molecule has 0 amide bonds. The molecular weight excluding hydrogens is 219 g/mol. The summed E-state index contributed by atoms with van der Waals surface area (Å²) in [6.07, 6.45) is 0.238. The van der Waals surface area contributed by atoms with Crippen molar-refractivity contribution >= 4 is 36.8 Å². The second-order valence-corrected chi connectivity index (χ2v) is 2.40. The lowest BCUT2D eigenvalue weighted by Gasteiger charge is -2.20. The number of halogens is 2. The van der Waals surface area contributed by atoms with Crippen molar-refractivity contribution in [1.82, 2.24) is 0 Å². The standard InChI is InChI=1S/C7H12O4.2ClH/c1-3-7(4-2,5(8)9)6(10)11;;/h3-4H2,1-2H3,(H,8,9)(H,10,11);2*1H. The van der Waals surface area contributed by atoms with Gasteiger partial charge in [0.25, 0.3) is 0 Å².